The van der Waals surface area contributed by atoms with Crippen molar-refractivity contribution >= 4 is 11.9 Å². The van der Waals surface area contributed by atoms with Crippen LogP contribution < -0.4 is 0 Å². The van der Waals surface area contributed by atoms with Gasteiger partial charge in [0.15, 0.2) is 6.23 Å². The molecule has 6 heteroatoms. The summed E-state index contributed by atoms with van der Waals surface area (Å²) in [7, 11) is 1.34. The first-order valence-corrected chi connectivity index (χ1v) is 7.22. The van der Waals surface area contributed by atoms with Crippen LogP contribution in [0.2, 0.25) is 0 Å². The number of ether oxygens (including phenoxy) is 2. The SMILES string of the molecule is COC(=O)C[C@H]1C(=O)N2C(OC[C@@H]2C(C)C)c2cccn21. The molecule has 0 spiro atoms. The predicted octanol–water partition coefficient (Wildman–Crippen LogP) is 1.49. The zero-order chi connectivity index (χ0) is 15.1. The topological polar surface area (TPSA) is 60.8 Å². The second kappa shape index (κ2) is 5.18. The van der Waals surface area contributed by atoms with Gasteiger partial charge < -0.3 is 18.9 Å². The number of hydrogen-bond donors (Lipinski definition) is 0. The maximum Gasteiger partial charge on any atom is 0.308 e. The molecule has 2 aliphatic heterocycles. The highest BCUT2D eigenvalue weighted by atomic mass is 16.5. The van der Waals surface area contributed by atoms with Crippen LogP contribution in [-0.4, -0.2) is 41.1 Å². The molecule has 1 unspecified atom stereocenters. The number of aromatic nitrogens is 1. The maximum absolute atomic E-state index is 12.9. The Morgan fingerprint density at radius 2 is 2.29 bits per heavy atom. The van der Waals surface area contributed by atoms with Gasteiger partial charge in [-0.25, -0.2) is 0 Å². The third-order valence-electron chi connectivity index (χ3n) is 4.33. The Balaban J connectivity index is 1.98. The molecule has 0 bridgehead atoms. The van der Waals surface area contributed by atoms with E-state index in [4.69, 9.17) is 9.47 Å². The largest absolute Gasteiger partial charge is 0.469 e. The third-order valence-corrected chi connectivity index (χ3v) is 4.33. The summed E-state index contributed by atoms with van der Waals surface area (Å²) in [5, 5.41) is 0. The number of amides is 1. The first-order valence-electron chi connectivity index (χ1n) is 7.22. The van der Waals surface area contributed by atoms with Crippen molar-refractivity contribution in [3.05, 3.63) is 24.0 Å². The van der Waals surface area contributed by atoms with Gasteiger partial charge in [0.2, 0.25) is 5.91 Å². The molecule has 1 amide bonds. The van der Waals surface area contributed by atoms with Crippen LogP contribution in [0, 0.1) is 5.92 Å². The molecule has 3 atom stereocenters. The average molecular weight is 292 g/mol. The first kappa shape index (κ1) is 14.1. The van der Waals surface area contributed by atoms with Gasteiger partial charge in [-0.3, -0.25) is 9.59 Å². The standard InChI is InChI=1S/C15H20N2O4/c1-9(2)12-8-21-15-10-5-4-6-16(10)11(7-13(18)20-3)14(19)17(12)15/h4-6,9,11-12,15H,7-8H2,1-3H3/t11-,12+,15?/m0/s1. The van der Waals surface area contributed by atoms with E-state index in [1.54, 1.807) is 4.90 Å². The van der Waals surface area contributed by atoms with E-state index in [9.17, 15) is 9.59 Å². The van der Waals surface area contributed by atoms with Gasteiger partial charge in [0.25, 0.3) is 0 Å². The van der Waals surface area contributed by atoms with Crippen LogP contribution in [-0.2, 0) is 19.1 Å². The van der Waals surface area contributed by atoms with E-state index in [1.165, 1.54) is 7.11 Å². The van der Waals surface area contributed by atoms with Gasteiger partial charge in [0, 0.05) is 6.20 Å². The van der Waals surface area contributed by atoms with Crippen molar-refractivity contribution in [3.63, 3.8) is 0 Å². The predicted molar refractivity (Wildman–Crippen MR) is 74.3 cm³/mol. The van der Waals surface area contributed by atoms with Gasteiger partial charge in [0.05, 0.1) is 31.9 Å². The number of hydrogen-bond acceptors (Lipinski definition) is 4. The summed E-state index contributed by atoms with van der Waals surface area (Å²) in [4.78, 5) is 26.3. The second-order valence-corrected chi connectivity index (χ2v) is 5.88. The molecule has 1 aromatic rings. The smallest absolute Gasteiger partial charge is 0.308 e. The fraction of sp³-hybridized carbons (Fsp3) is 0.600. The summed E-state index contributed by atoms with van der Waals surface area (Å²) in [5.74, 6) is -0.141. The summed E-state index contributed by atoms with van der Waals surface area (Å²) >= 11 is 0. The molecular weight excluding hydrogens is 272 g/mol. The summed E-state index contributed by atoms with van der Waals surface area (Å²) in [5.41, 5.74) is 0.923. The summed E-state index contributed by atoms with van der Waals surface area (Å²) in [6, 6.07) is 3.33. The Morgan fingerprint density at radius 1 is 1.52 bits per heavy atom. The number of rotatable bonds is 3. The zero-order valence-corrected chi connectivity index (χ0v) is 12.5. The van der Waals surface area contributed by atoms with Gasteiger partial charge in [-0.05, 0) is 18.1 Å². The van der Waals surface area contributed by atoms with Crippen molar-refractivity contribution in [2.45, 2.75) is 38.6 Å². The van der Waals surface area contributed by atoms with Crippen molar-refractivity contribution in [2.75, 3.05) is 13.7 Å². The van der Waals surface area contributed by atoms with Crippen LogP contribution in [0.25, 0.3) is 0 Å². The van der Waals surface area contributed by atoms with Gasteiger partial charge in [-0.15, -0.1) is 0 Å². The lowest BCUT2D eigenvalue weighted by Crippen LogP contribution is -2.49. The third kappa shape index (κ3) is 2.14. The fourth-order valence-corrected chi connectivity index (χ4v) is 3.16. The van der Waals surface area contributed by atoms with Crippen molar-refractivity contribution in [1.29, 1.82) is 0 Å². The van der Waals surface area contributed by atoms with E-state index >= 15 is 0 Å². The molecule has 3 heterocycles. The molecule has 0 radical (unpaired) electrons. The lowest BCUT2D eigenvalue weighted by Gasteiger charge is -2.38. The fourth-order valence-electron chi connectivity index (χ4n) is 3.16. The Bertz CT molecular complexity index is 566. The lowest BCUT2D eigenvalue weighted by atomic mass is 10.0. The van der Waals surface area contributed by atoms with Gasteiger partial charge in [-0.2, -0.15) is 0 Å². The molecule has 1 saturated heterocycles. The van der Waals surface area contributed by atoms with Crippen LogP contribution in [0.1, 0.15) is 38.2 Å². The summed E-state index contributed by atoms with van der Waals surface area (Å²) in [6.07, 6.45) is 1.53. The molecular formula is C15H20N2O4. The number of carbonyl (C=O) groups excluding carboxylic acids is 2. The molecule has 1 aromatic heterocycles. The zero-order valence-electron chi connectivity index (χ0n) is 12.5. The van der Waals surface area contributed by atoms with Crippen LogP contribution in [0.3, 0.4) is 0 Å². The van der Waals surface area contributed by atoms with Crippen molar-refractivity contribution in [1.82, 2.24) is 9.47 Å². The van der Waals surface area contributed by atoms with Crippen LogP contribution in [0.15, 0.2) is 18.3 Å². The molecule has 0 saturated carbocycles. The summed E-state index contributed by atoms with van der Waals surface area (Å²) < 4.78 is 12.4. The Morgan fingerprint density at radius 3 is 2.95 bits per heavy atom. The molecule has 0 aliphatic carbocycles. The lowest BCUT2D eigenvalue weighted by molar-refractivity contribution is -0.152. The normalized spacial score (nSPS) is 27.7. The Kier molecular flexibility index (Phi) is 3.49. The molecule has 21 heavy (non-hydrogen) atoms. The number of carbonyl (C=O) groups is 2. The van der Waals surface area contributed by atoms with Gasteiger partial charge >= 0.3 is 5.97 Å². The maximum atomic E-state index is 12.9. The molecule has 0 aromatic carbocycles. The van der Waals surface area contributed by atoms with E-state index in [2.05, 4.69) is 13.8 Å². The molecule has 0 N–H and O–H groups in total. The van der Waals surface area contributed by atoms with E-state index in [0.29, 0.717) is 12.5 Å². The van der Waals surface area contributed by atoms with Crippen LogP contribution in [0.5, 0.6) is 0 Å². The van der Waals surface area contributed by atoms with E-state index in [1.807, 2.05) is 22.9 Å². The van der Waals surface area contributed by atoms with Crippen molar-refractivity contribution in [2.24, 2.45) is 5.92 Å². The molecule has 114 valence electrons. The minimum absolute atomic E-state index is 0.0467. The number of esters is 1. The quantitative estimate of drug-likeness (QED) is 0.792. The summed E-state index contributed by atoms with van der Waals surface area (Å²) in [6.45, 7) is 4.68. The van der Waals surface area contributed by atoms with E-state index in [-0.39, 0.29) is 30.6 Å². The molecule has 2 aliphatic rings. The number of nitrogens with zero attached hydrogens (tertiary/aromatic N) is 2. The monoisotopic (exact) mass is 292 g/mol. The minimum atomic E-state index is -0.540. The van der Waals surface area contributed by atoms with Crippen molar-refractivity contribution in [3.8, 4) is 0 Å². The highest BCUT2D eigenvalue weighted by Gasteiger charge is 2.48. The number of methoxy groups -OCH3 is 1. The first-order chi connectivity index (χ1) is 10.0. The molecule has 1 fully saturated rings. The highest BCUT2D eigenvalue weighted by Crippen LogP contribution is 2.41. The van der Waals surface area contributed by atoms with Crippen molar-refractivity contribution < 1.29 is 19.1 Å². The van der Waals surface area contributed by atoms with Crippen LogP contribution in [0.4, 0.5) is 0 Å². The van der Waals surface area contributed by atoms with Gasteiger partial charge in [-0.1, -0.05) is 13.8 Å². The van der Waals surface area contributed by atoms with Crippen LogP contribution >= 0.6 is 0 Å². The molecule has 3 rings (SSSR count). The number of fused-ring (bicyclic) bond motifs is 3. The van der Waals surface area contributed by atoms with Gasteiger partial charge in [0.1, 0.15) is 6.04 Å². The Hall–Kier alpha value is -1.82. The highest BCUT2D eigenvalue weighted by molar-refractivity contribution is 5.87. The Labute approximate surface area is 123 Å². The van der Waals surface area contributed by atoms with E-state index in [0.717, 1.165) is 5.69 Å². The minimum Gasteiger partial charge on any atom is -0.469 e. The average Bonchev–Trinajstić information content (AvgIpc) is 3.08. The second-order valence-electron chi connectivity index (χ2n) is 5.88. The van der Waals surface area contributed by atoms with E-state index < -0.39 is 6.04 Å². The molecule has 6 nitrogen and oxygen atoms in total.